The van der Waals surface area contributed by atoms with Crippen molar-refractivity contribution in [2.45, 2.75) is 5.54 Å². The second-order valence-corrected chi connectivity index (χ2v) is 5.70. The first-order valence-electron chi connectivity index (χ1n) is 5.90. The number of amides is 2. The van der Waals surface area contributed by atoms with Gasteiger partial charge in [-0.25, -0.2) is 0 Å². The third-order valence-electron chi connectivity index (χ3n) is 2.88. The van der Waals surface area contributed by atoms with Crippen molar-refractivity contribution >= 4 is 15.7 Å². The molecule has 0 aliphatic rings. The zero-order valence-corrected chi connectivity index (χ0v) is 11.5. The maximum atomic E-state index is 10.9. The number of urea groups is 1. The molecule has 0 atom stereocenters. The van der Waals surface area contributed by atoms with Gasteiger partial charge in [-0.2, -0.15) is 0 Å². The first kappa shape index (κ1) is 12.4. The van der Waals surface area contributed by atoms with Crippen LogP contribution in [0.25, 0.3) is 0 Å². The maximum absolute atomic E-state index is 10.9. The van der Waals surface area contributed by atoms with Crippen LogP contribution in [0.15, 0.2) is 60.7 Å². The van der Waals surface area contributed by atoms with Gasteiger partial charge >= 0.3 is 6.03 Å². The van der Waals surface area contributed by atoms with Crippen LogP contribution in [0.3, 0.4) is 0 Å². The number of carbonyl (C=O) groups excluding carboxylic acids is 1. The number of rotatable bonds is 4. The molecule has 0 aliphatic heterocycles. The van der Waals surface area contributed by atoms with E-state index in [2.05, 4.69) is 29.2 Å². The first-order valence-corrected chi connectivity index (χ1v) is 7.43. The van der Waals surface area contributed by atoms with E-state index >= 15 is 0 Å². The van der Waals surface area contributed by atoms with Gasteiger partial charge < -0.3 is 10.7 Å². The van der Waals surface area contributed by atoms with Crippen molar-refractivity contribution in [2.24, 2.45) is 5.73 Å². The van der Waals surface area contributed by atoms with E-state index in [4.69, 9.17) is 5.73 Å². The number of benzene rings is 2. The minimum absolute atomic E-state index is 0.264. The van der Waals surface area contributed by atoms with E-state index in [-0.39, 0.29) is 5.54 Å². The van der Waals surface area contributed by atoms with E-state index in [1.165, 1.54) is 11.1 Å². The molecule has 0 radical (unpaired) electrons. The Bertz CT molecular complexity index is 462. The second kappa shape index (κ2) is 6.02. The lowest BCUT2D eigenvalue weighted by molar-refractivity contribution is 0.253. The molecule has 4 heteroatoms. The molecule has 2 amide bonds. The van der Waals surface area contributed by atoms with E-state index in [9.17, 15) is 4.79 Å². The molecule has 3 N–H and O–H groups in total. The van der Waals surface area contributed by atoms with Crippen LogP contribution in [0.5, 0.6) is 0 Å². The number of primary amides is 1. The Hall–Kier alpha value is -2.07. The summed E-state index contributed by atoms with van der Waals surface area (Å²) in [7, 11) is -0.843. The zero-order valence-electron chi connectivity index (χ0n) is 10.0. The fraction of sp³-hybridized carbons (Fsp3) is 0.0714. The summed E-state index contributed by atoms with van der Waals surface area (Å²) in [6.07, 6.45) is 0. The van der Waals surface area contributed by atoms with Gasteiger partial charge in [-0.1, -0.05) is 60.7 Å². The van der Waals surface area contributed by atoms with Gasteiger partial charge in [0.05, 0.1) is 0 Å². The molecule has 0 spiro atoms. The fourth-order valence-corrected chi connectivity index (χ4v) is 3.42. The molecule has 0 saturated heterocycles. The van der Waals surface area contributed by atoms with Crippen molar-refractivity contribution in [3.05, 3.63) is 71.8 Å². The smallest absolute Gasteiger partial charge is 0.303 e. The minimum Gasteiger partial charge on any atom is -0.369 e. The molecule has 2 aromatic carbocycles. The largest absolute Gasteiger partial charge is 0.369 e. The van der Waals surface area contributed by atoms with Gasteiger partial charge in [0.1, 0.15) is 9.68 Å². The maximum Gasteiger partial charge on any atom is 0.303 e. The number of carbonyl (C=O) groups is 1. The third kappa shape index (κ3) is 3.21. The Balaban J connectivity index is 2.26. The predicted octanol–water partition coefficient (Wildman–Crippen LogP) is 1.53. The molecular weight excluding hydrogens is 240 g/mol. The lowest BCUT2D eigenvalue weighted by Gasteiger charge is -2.17. The van der Waals surface area contributed by atoms with Crippen molar-refractivity contribution in [3.8, 4) is 0 Å². The van der Waals surface area contributed by atoms with Gasteiger partial charge in [-0.3, -0.25) is 4.79 Å². The van der Waals surface area contributed by atoms with Gasteiger partial charge in [-0.15, -0.1) is 0 Å². The van der Waals surface area contributed by atoms with Gasteiger partial charge in [0.15, 0.2) is 0 Å². The fourth-order valence-electron chi connectivity index (χ4n) is 2.00. The number of hydrogen-bond donors (Lipinski definition) is 2. The number of hydrogen-bond acceptors (Lipinski definition) is 1. The quantitative estimate of drug-likeness (QED) is 0.801. The third-order valence-corrected chi connectivity index (χ3v) is 4.79. The summed E-state index contributed by atoms with van der Waals surface area (Å²) in [4.78, 5) is 13.7. The van der Waals surface area contributed by atoms with Crippen molar-refractivity contribution in [2.75, 3.05) is 0 Å². The average Bonchev–Trinajstić information content (AvgIpc) is 2.41. The lowest BCUT2D eigenvalue weighted by atomic mass is 10.0. The highest BCUT2D eigenvalue weighted by Crippen LogP contribution is 2.22. The van der Waals surface area contributed by atoms with Crippen LogP contribution in [0.2, 0.25) is 0 Å². The van der Waals surface area contributed by atoms with Gasteiger partial charge in [0, 0.05) is 5.54 Å². The highest BCUT2D eigenvalue weighted by molar-refractivity contribution is 6.40. The molecule has 0 bridgehead atoms. The topological polar surface area (TPSA) is 55.1 Å². The van der Waals surface area contributed by atoms with Crippen LogP contribution in [0.1, 0.15) is 16.7 Å². The molecule has 0 aliphatic carbocycles. The van der Waals surface area contributed by atoms with Crippen LogP contribution in [-0.2, 0) is 0 Å². The van der Waals surface area contributed by atoms with Crippen molar-refractivity contribution in [1.29, 1.82) is 0 Å². The molecule has 92 valence electrons. The summed E-state index contributed by atoms with van der Waals surface area (Å²) in [5.74, 6) is 0. The van der Waals surface area contributed by atoms with Gasteiger partial charge in [0.25, 0.3) is 0 Å². The van der Waals surface area contributed by atoms with Crippen LogP contribution in [0.4, 0.5) is 4.79 Å². The molecule has 0 fully saturated rings. The predicted molar refractivity (Wildman–Crippen MR) is 76.0 cm³/mol. The standard InChI is InChI=1S/C14H16N2OSi/c15-14(17)16-18-13(11-7-3-1-4-8-11)12-9-5-2-6-10-12/h1-10,13H,18H2,(H3,15,16,17). The molecule has 0 unspecified atom stereocenters. The first-order chi connectivity index (χ1) is 8.77. The van der Waals surface area contributed by atoms with E-state index < -0.39 is 15.7 Å². The second-order valence-electron chi connectivity index (χ2n) is 4.12. The summed E-state index contributed by atoms with van der Waals surface area (Å²) >= 11 is 0. The van der Waals surface area contributed by atoms with Crippen LogP contribution < -0.4 is 10.7 Å². The molecule has 2 aromatic rings. The van der Waals surface area contributed by atoms with Crippen molar-refractivity contribution in [1.82, 2.24) is 4.98 Å². The molecule has 0 heterocycles. The van der Waals surface area contributed by atoms with E-state index in [1.807, 2.05) is 36.4 Å². The summed E-state index contributed by atoms with van der Waals surface area (Å²) in [6, 6.07) is 20.0. The summed E-state index contributed by atoms with van der Waals surface area (Å²) in [6.45, 7) is 0. The van der Waals surface area contributed by atoms with Crippen LogP contribution >= 0.6 is 0 Å². The van der Waals surface area contributed by atoms with E-state index in [1.54, 1.807) is 0 Å². The van der Waals surface area contributed by atoms with Crippen molar-refractivity contribution < 1.29 is 4.79 Å². The van der Waals surface area contributed by atoms with Gasteiger partial charge in [-0.05, 0) is 11.1 Å². The monoisotopic (exact) mass is 256 g/mol. The Morgan fingerprint density at radius 1 is 0.944 bits per heavy atom. The normalized spacial score (nSPS) is 10.9. The summed E-state index contributed by atoms with van der Waals surface area (Å²) < 4.78 is 0. The van der Waals surface area contributed by atoms with Gasteiger partial charge in [0.2, 0.25) is 0 Å². The summed E-state index contributed by atoms with van der Waals surface area (Å²) in [5.41, 5.74) is 7.90. The highest BCUT2D eigenvalue weighted by Gasteiger charge is 2.14. The lowest BCUT2D eigenvalue weighted by Crippen LogP contribution is -2.36. The Morgan fingerprint density at radius 3 is 1.78 bits per heavy atom. The SMILES string of the molecule is NC(=O)N[SiH2]C(c1ccccc1)c1ccccc1. The van der Waals surface area contributed by atoms with E-state index in [0.29, 0.717) is 0 Å². The molecule has 3 nitrogen and oxygen atoms in total. The average molecular weight is 256 g/mol. The molecular formula is C14H16N2OSi. The Labute approximate surface area is 109 Å². The zero-order chi connectivity index (χ0) is 12.8. The highest BCUT2D eigenvalue weighted by atomic mass is 28.2. The molecule has 0 aromatic heterocycles. The van der Waals surface area contributed by atoms with E-state index in [0.717, 1.165) is 0 Å². The Kier molecular flexibility index (Phi) is 4.14. The number of nitrogens with one attached hydrogen (secondary N) is 1. The minimum atomic E-state index is -0.843. The molecule has 18 heavy (non-hydrogen) atoms. The van der Waals surface area contributed by atoms with Crippen molar-refractivity contribution in [3.63, 3.8) is 0 Å². The molecule has 0 saturated carbocycles. The molecule has 2 rings (SSSR count). The number of nitrogens with two attached hydrogens (primary N) is 1. The Morgan fingerprint density at radius 2 is 1.39 bits per heavy atom. The summed E-state index contributed by atoms with van der Waals surface area (Å²) in [5, 5.41) is 0. The van der Waals surface area contributed by atoms with Crippen LogP contribution in [0, 0.1) is 0 Å². The van der Waals surface area contributed by atoms with Crippen LogP contribution in [-0.4, -0.2) is 15.7 Å².